The standard InChI is InChI=1S/C53H72N6O11/c1-29(2)28-58-22-18-53(19-23-58)56-44-41-42-47(64)33(6)49-43(41)50(66)52(7,70-49)68-24-9-8-13-36(69-40(63)27-39(62)59-20-16-34(17-21-59)54-37-15-14-30(37)3)25-35(60)26-38(61)31(4)11-10-12-32(5)51(67)55-46(48(42)65)45(44)57-53/h9-12,24,29-31,34-38,54,60-61,64-65H,8,13-23,25-28H2,1-7H3,(H,55,67)/b11-10+,24-9+,32-12-/t30-,31?,35?,36+,37?,38+,52-/m0/s1. The van der Waals surface area contributed by atoms with Crippen molar-refractivity contribution in [2.45, 2.75) is 161 Å². The lowest BCUT2D eigenvalue weighted by Gasteiger charge is -2.40. The van der Waals surface area contributed by atoms with Gasteiger partial charge in [-0.1, -0.05) is 45.9 Å². The number of nitrogens with zero attached hydrogens (tertiary/aromatic N) is 4. The number of esters is 1. The number of phenols is 2. The van der Waals surface area contributed by atoms with Crippen LogP contribution in [0.1, 0.15) is 128 Å². The third kappa shape index (κ3) is 10.6. The van der Waals surface area contributed by atoms with Gasteiger partial charge in [-0.3, -0.25) is 29.2 Å². The first-order valence-corrected chi connectivity index (χ1v) is 25.3. The number of allylic oxidation sites excluding steroid dienone is 3. The maximum atomic E-state index is 14.7. The van der Waals surface area contributed by atoms with Gasteiger partial charge < -0.3 is 55.1 Å². The monoisotopic (exact) mass is 969 g/mol. The number of anilines is 1. The first-order valence-electron chi connectivity index (χ1n) is 25.3. The number of ketones is 1. The fourth-order valence-electron chi connectivity index (χ4n) is 10.7. The zero-order valence-electron chi connectivity index (χ0n) is 41.8. The van der Waals surface area contributed by atoms with Crippen LogP contribution in [0.15, 0.2) is 46.1 Å². The van der Waals surface area contributed by atoms with Gasteiger partial charge in [0.15, 0.2) is 11.4 Å². The summed E-state index contributed by atoms with van der Waals surface area (Å²) >= 11 is 0. The molecule has 9 rings (SSSR count). The number of nitrogens with one attached hydrogen (secondary N) is 2. The number of hydrogen-bond donors (Lipinski definition) is 6. The van der Waals surface area contributed by atoms with Gasteiger partial charge in [0.05, 0.1) is 34.8 Å². The van der Waals surface area contributed by atoms with Gasteiger partial charge in [0.2, 0.25) is 5.91 Å². The van der Waals surface area contributed by atoms with E-state index in [1.165, 1.54) is 26.0 Å². The minimum atomic E-state index is -1.92. The zero-order chi connectivity index (χ0) is 50.2. The maximum Gasteiger partial charge on any atom is 0.315 e. The molecule has 7 aliphatic rings. The van der Waals surface area contributed by atoms with Crippen LogP contribution in [0.5, 0.6) is 17.2 Å². The third-order valence-corrected chi connectivity index (χ3v) is 15.3. The van der Waals surface area contributed by atoms with E-state index in [1.807, 2.05) is 0 Å². The SMILES string of the molecule is C/C1=C/C=C/C(C)[C@H](O)CC(O)C[C@H](OC(=O)CC(=O)N2CCC(NC3CC[C@@H]3C)CC2)CC/C=C/O[C@@]2(C)Oc3c(C)c(O)c4c(O)c(c5c(c4c3C2=O)=NC2(CCN(CC(C)C)CC2)N=5)NC1=O. The number of benzene rings is 2. The van der Waals surface area contributed by atoms with Crippen molar-refractivity contribution in [2.24, 2.45) is 27.7 Å². The van der Waals surface area contributed by atoms with Crippen LogP contribution in [0.4, 0.5) is 5.69 Å². The summed E-state index contributed by atoms with van der Waals surface area (Å²) in [4.78, 5) is 69.7. The molecule has 2 aromatic rings. The Kier molecular flexibility index (Phi) is 15.1. The number of aromatic hydroxyl groups is 2. The average molecular weight is 969 g/mol. The molecule has 5 bridgehead atoms. The molecule has 6 aliphatic heterocycles. The van der Waals surface area contributed by atoms with Gasteiger partial charge in [-0.2, -0.15) is 0 Å². The molecule has 17 nitrogen and oxygen atoms in total. The van der Waals surface area contributed by atoms with Crippen molar-refractivity contribution in [1.29, 1.82) is 0 Å². The fourth-order valence-corrected chi connectivity index (χ4v) is 10.7. The highest BCUT2D eigenvalue weighted by Crippen LogP contribution is 2.50. The molecule has 3 fully saturated rings. The molecule has 70 heavy (non-hydrogen) atoms. The number of rotatable bonds is 7. The van der Waals surface area contributed by atoms with Crippen LogP contribution in [0.25, 0.3) is 10.8 Å². The van der Waals surface area contributed by atoms with Crippen molar-refractivity contribution in [3.8, 4) is 17.2 Å². The van der Waals surface area contributed by atoms with Crippen molar-refractivity contribution in [3.63, 3.8) is 0 Å². The summed E-state index contributed by atoms with van der Waals surface area (Å²) in [5, 5.41) is 53.4. The topological polar surface area (TPSA) is 232 Å². The van der Waals surface area contributed by atoms with Crippen LogP contribution in [0.3, 0.4) is 0 Å². The van der Waals surface area contributed by atoms with E-state index in [4.69, 9.17) is 24.2 Å². The maximum absolute atomic E-state index is 14.7. The van der Waals surface area contributed by atoms with E-state index in [-0.39, 0.29) is 87.0 Å². The van der Waals surface area contributed by atoms with Crippen molar-refractivity contribution in [1.82, 2.24) is 15.1 Å². The molecule has 1 aliphatic carbocycles. The number of Topliss-reactive ketones (excluding diaryl/α,β-unsaturated/α-hetero) is 1. The van der Waals surface area contributed by atoms with E-state index >= 15 is 0 Å². The van der Waals surface area contributed by atoms with Crippen LogP contribution in [-0.2, 0) is 23.9 Å². The van der Waals surface area contributed by atoms with Gasteiger partial charge in [-0.15, -0.1) is 0 Å². The Morgan fingerprint density at radius 3 is 2.34 bits per heavy atom. The van der Waals surface area contributed by atoms with E-state index in [0.717, 1.165) is 19.4 Å². The molecule has 1 saturated carbocycles. The second-order valence-corrected chi connectivity index (χ2v) is 21.2. The molecule has 2 amide bonds. The first kappa shape index (κ1) is 51.0. The predicted octanol–water partition coefficient (Wildman–Crippen LogP) is 5.14. The van der Waals surface area contributed by atoms with Crippen molar-refractivity contribution < 1.29 is 53.8 Å². The molecule has 17 heteroatoms. The number of fused-ring (bicyclic) bond motifs is 13. The number of aliphatic hydroxyl groups is 2. The van der Waals surface area contributed by atoms with Crippen molar-refractivity contribution >= 4 is 40.0 Å². The van der Waals surface area contributed by atoms with Crippen LogP contribution < -0.4 is 26.1 Å². The molecule has 1 spiro atoms. The highest BCUT2D eigenvalue weighted by molar-refractivity contribution is 6.19. The molecule has 6 N–H and O–H groups in total. The van der Waals surface area contributed by atoms with Crippen LogP contribution in [-0.4, -0.2) is 128 Å². The lowest BCUT2D eigenvalue weighted by molar-refractivity contribution is -0.155. The van der Waals surface area contributed by atoms with Crippen LogP contribution >= 0.6 is 0 Å². The minimum absolute atomic E-state index is 0.0180. The second kappa shape index (κ2) is 20.8. The fraction of sp³-hybridized carbons (Fsp3) is 0.623. The Balaban J connectivity index is 1.07. The number of piperidine rings is 2. The molecule has 3 unspecified atom stereocenters. The number of carbonyl (C=O) groups is 4. The lowest BCUT2D eigenvalue weighted by Crippen LogP contribution is -2.52. The largest absolute Gasteiger partial charge is 0.507 e. The number of carbonyl (C=O) groups excluding carboxylic acids is 4. The van der Waals surface area contributed by atoms with Crippen LogP contribution in [0.2, 0.25) is 0 Å². The number of ether oxygens (including phenoxy) is 3. The summed E-state index contributed by atoms with van der Waals surface area (Å²) in [6, 6.07) is 0.865. The zero-order valence-corrected chi connectivity index (χ0v) is 41.8. The van der Waals surface area contributed by atoms with E-state index in [0.29, 0.717) is 62.9 Å². The van der Waals surface area contributed by atoms with E-state index in [1.54, 1.807) is 50.0 Å². The lowest BCUT2D eigenvalue weighted by atomic mass is 9.80. The molecular weight excluding hydrogens is 897 g/mol. The van der Waals surface area contributed by atoms with E-state index in [9.17, 15) is 39.6 Å². The Bertz CT molecular complexity index is 2590. The Morgan fingerprint density at radius 1 is 0.957 bits per heavy atom. The van der Waals surface area contributed by atoms with Crippen molar-refractivity contribution in [2.75, 3.05) is 38.0 Å². The minimum Gasteiger partial charge on any atom is -0.507 e. The molecule has 0 radical (unpaired) electrons. The summed E-state index contributed by atoms with van der Waals surface area (Å²) in [5.41, 5.74) is -0.556. The molecule has 380 valence electrons. The predicted molar refractivity (Wildman–Crippen MR) is 262 cm³/mol. The summed E-state index contributed by atoms with van der Waals surface area (Å²) in [5.74, 6) is -4.26. The van der Waals surface area contributed by atoms with Crippen LogP contribution in [0, 0.1) is 24.7 Å². The van der Waals surface area contributed by atoms with Gasteiger partial charge in [0, 0.05) is 93.4 Å². The molecule has 2 aromatic carbocycles. The van der Waals surface area contributed by atoms with Gasteiger partial charge in [0.1, 0.15) is 35.1 Å². The average Bonchev–Trinajstić information content (AvgIpc) is 3.81. The number of hydrogen-bond acceptors (Lipinski definition) is 15. The van der Waals surface area contributed by atoms with Gasteiger partial charge in [-0.25, -0.2) is 0 Å². The van der Waals surface area contributed by atoms with Crippen molar-refractivity contribution in [3.05, 3.63) is 58.0 Å². The number of phenolic OH excluding ortho intramolecular Hbond substituents is 2. The summed E-state index contributed by atoms with van der Waals surface area (Å²) in [6.45, 7) is 16.4. The number of aliphatic hydroxyl groups excluding tert-OH is 2. The summed E-state index contributed by atoms with van der Waals surface area (Å²) in [6.07, 6.45) is 9.98. The molecule has 0 aromatic heterocycles. The highest BCUT2D eigenvalue weighted by atomic mass is 16.7. The highest BCUT2D eigenvalue weighted by Gasteiger charge is 2.50. The number of amides is 2. The Morgan fingerprint density at radius 2 is 1.67 bits per heavy atom. The van der Waals surface area contributed by atoms with E-state index in [2.05, 4.69) is 36.3 Å². The Hall–Kier alpha value is -5.36. The quantitative estimate of drug-likeness (QED) is 0.120. The first-order chi connectivity index (χ1) is 33.3. The van der Waals surface area contributed by atoms with Gasteiger partial charge in [-0.05, 0) is 76.7 Å². The smallest absolute Gasteiger partial charge is 0.315 e. The molecule has 2 saturated heterocycles. The second-order valence-electron chi connectivity index (χ2n) is 21.2. The van der Waals surface area contributed by atoms with E-state index < -0.39 is 65.5 Å². The summed E-state index contributed by atoms with van der Waals surface area (Å²) in [7, 11) is 0. The van der Waals surface area contributed by atoms with Gasteiger partial charge in [0.25, 0.3) is 11.7 Å². The third-order valence-electron chi connectivity index (χ3n) is 15.3. The molecular formula is C53H72N6O11. The van der Waals surface area contributed by atoms with Gasteiger partial charge >= 0.3 is 11.8 Å². The molecule has 6 heterocycles. The number of likely N-dealkylation sites (tertiary alicyclic amines) is 2. The normalized spacial score (nSPS) is 30.4. The summed E-state index contributed by atoms with van der Waals surface area (Å²) < 4.78 is 18.2. The molecule has 7 atom stereocenters. The Labute approximate surface area is 409 Å².